The van der Waals surface area contributed by atoms with Crippen LogP contribution in [0.1, 0.15) is 24.5 Å². The van der Waals surface area contributed by atoms with Crippen molar-refractivity contribution >= 4 is 17.6 Å². The molecule has 0 spiro atoms. The summed E-state index contributed by atoms with van der Waals surface area (Å²) in [6.45, 7) is 1.95. The van der Waals surface area contributed by atoms with Crippen molar-refractivity contribution in [2.75, 3.05) is 11.9 Å². The number of carbonyl (C=O) groups is 2. The minimum Gasteiger partial charge on any atom is -0.466 e. The lowest BCUT2D eigenvalue weighted by molar-refractivity contribution is -0.145. The van der Waals surface area contributed by atoms with Gasteiger partial charge in [-0.25, -0.2) is 0 Å². The molecular weight excluding hydrogens is 359 g/mol. The van der Waals surface area contributed by atoms with Gasteiger partial charge in [-0.2, -0.15) is 13.2 Å². The number of halogens is 3. The van der Waals surface area contributed by atoms with Gasteiger partial charge in [0, 0.05) is 5.69 Å². The van der Waals surface area contributed by atoms with E-state index < -0.39 is 23.6 Å². The summed E-state index contributed by atoms with van der Waals surface area (Å²) < 4.78 is 43.0. The molecule has 1 heterocycles. The van der Waals surface area contributed by atoms with E-state index in [-0.39, 0.29) is 18.9 Å². The standard InChI is InChI=1S/C20H18F3NO3/c1-2-27-18(25)11-15-10-14-9-13(5-8-17(14)24-19(15)26)12-3-6-16(7-4-12)20(21,22)23/h3-9,15H,2,10-11H2,1H3,(H,24,26). The lowest BCUT2D eigenvalue weighted by Gasteiger charge is -2.24. The maximum absolute atomic E-state index is 12.7. The number of anilines is 1. The van der Waals surface area contributed by atoms with Crippen LogP contribution in [-0.2, 0) is 26.9 Å². The maximum Gasteiger partial charge on any atom is 0.416 e. The third kappa shape index (κ3) is 4.30. The average molecular weight is 377 g/mol. The number of hydrogen-bond acceptors (Lipinski definition) is 3. The van der Waals surface area contributed by atoms with Gasteiger partial charge in [0.15, 0.2) is 0 Å². The number of ether oxygens (including phenoxy) is 1. The highest BCUT2D eigenvalue weighted by molar-refractivity contribution is 5.98. The van der Waals surface area contributed by atoms with Crippen LogP contribution in [0.5, 0.6) is 0 Å². The first kappa shape index (κ1) is 18.9. The molecule has 0 saturated heterocycles. The summed E-state index contributed by atoms with van der Waals surface area (Å²) in [6, 6.07) is 10.2. The molecule has 142 valence electrons. The molecule has 1 aliphatic rings. The first-order valence-electron chi connectivity index (χ1n) is 8.55. The number of esters is 1. The number of benzene rings is 2. The van der Waals surface area contributed by atoms with Crippen LogP contribution in [0.3, 0.4) is 0 Å². The maximum atomic E-state index is 12.7. The zero-order chi connectivity index (χ0) is 19.6. The fourth-order valence-corrected chi connectivity index (χ4v) is 3.09. The molecule has 0 saturated carbocycles. The number of amides is 1. The van der Waals surface area contributed by atoms with Crippen LogP contribution in [-0.4, -0.2) is 18.5 Å². The number of alkyl halides is 3. The van der Waals surface area contributed by atoms with E-state index in [9.17, 15) is 22.8 Å². The van der Waals surface area contributed by atoms with Gasteiger partial charge in [-0.15, -0.1) is 0 Å². The molecule has 2 aromatic rings. The molecule has 0 aromatic heterocycles. The molecule has 7 heteroatoms. The summed E-state index contributed by atoms with van der Waals surface area (Å²) in [4.78, 5) is 23.8. The van der Waals surface area contributed by atoms with Crippen LogP contribution >= 0.6 is 0 Å². The number of carbonyl (C=O) groups excluding carboxylic acids is 2. The van der Waals surface area contributed by atoms with Gasteiger partial charge in [-0.3, -0.25) is 9.59 Å². The van der Waals surface area contributed by atoms with E-state index in [1.165, 1.54) is 12.1 Å². The van der Waals surface area contributed by atoms with Crippen molar-refractivity contribution in [3.05, 3.63) is 53.6 Å². The minimum absolute atomic E-state index is 0.0103. The van der Waals surface area contributed by atoms with E-state index in [2.05, 4.69) is 5.32 Å². The second kappa shape index (κ2) is 7.42. The summed E-state index contributed by atoms with van der Waals surface area (Å²) in [5, 5.41) is 2.77. The SMILES string of the molecule is CCOC(=O)CC1Cc2cc(-c3ccc(C(F)(F)F)cc3)ccc2NC1=O. The smallest absolute Gasteiger partial charge is 0.416 e. The number of nitrogens with one attached hydrogen (secondary N) is 1. The summed E-state index contributed by atoms with van der Waals surface area (Å²) in [6.07, 6.45) is -4.02. The Balaban J connectivity index is 1.82. The Labute approximate surface area is 154 Å². The molecule has 0 bridgehead atoms. The fourth-order valence-electron chi connectivity index (χ4n) is 3.09. The summed E-state index contributed by atoms with van der Waals surface area (Å²) >= 11 is 0. The average Bonchev–Trinajstić information content (AvgIpc) is 2.61. The lowest BCUT2D eigenvalue weighted by atomic mass is 9.89. The zero-order valence-electron chi connectivity index (χ0n) is 14.6. The third-order valence-electron chi connectivity index (χ3n) is 4.46. The predicted octanol–water partition coefficient (Wildman–Crippen LogP) is 4.44. The zero-order valence-corrected chi connectivity index (χ0v) is 14.6. The molecule has 0 aliphatic carbocycles. The normalized spacial score (nSPS) is 16.4. The van der Waals surface area contributed by atoms with Gasteiger partial charge in [0.2, 0.25) is 5.91 Å². The van der Waals surface area contributed by atoms with Gasteiger partial charge in [0.25, 0.3) is 0 Å². The van der Waals surface area contributed by atoms with E-state index in [1.807, 2.05) is 6.07 Å². The number of fused-ring (bicyclic) bond motifs is 1. The molecular formula is C20H18F3NO3. The second-order valence-electron chi connectivity index (χ2n) is 6.35. The third-order valence-corrected chi connectivity index (χ3v) is 4.46. The monoisotopic (exact) mass is 377 g/mol. The van der Waals surface area contributed by atoms with Crippen molar-refractivity contribution in [2.45, 2.75) is 25.9 Å². The Morgan fingerprint density at radius 2 is 1.81 bits per heavy atom. The van der Waals surface area contributed by atoms with Crippen molar-refractivity contribution in [2.24, 2.45) is 5.92 Å². The van der Waals surface area contributed by atoms with E-state index in [4.69, 9.17) is 4.74 Å². The van der Waals surface area contributed by atoms with Crippen LogP contribution in [0.2, 0.25) is 0 Å². The van der Waals surface area contributed by atoms with Crippen molar-refractivity contribution < 1.29 is 27.5 Å². The Kier molecular flexibility index (Phi) is 5.21. The van der Waals surface area contributed by atoms with Gasteiger partial charge in [-0.05, 0) is 54.3 Å². The Bertz CT molecular complexity index is 860. The summed E-state index contributed by atoms with van der Waals surface area (Å²) in [7, 11) is 0. The molecule has 27 heavy (non-hydrogen) atoms. The number of hydrogen-bond donors (Lipinski definition) is 1. The fraction of sp³-hybridized carbons (Fsp3) is 0.300. The van der Waals surface area contributed by atoms with Crippen molar-refractivity contribution in [1.82, 2.24) is 0 Å². The molecule has 1 amide bonds. The Morgan fingerprint density at radius 3 is 2.44 bits per heavy atom. The van der Waals surface area contributed by atoms with E-state index in [0.717, 1.165) is 23.3 Å². The van der Waals surface area contributed by atoms with E-state index in [1.54, 1.807) is 19.1 Å². The van der Waals surface area contributed by atoms with Gasteiger partial charge >= 0.3 is 12.1 Å². The Morgan fingerprint density at radius 1 is 1.15 bits per heavy atom. The second-order valence-corrected chi connectivity index (χ2v) is 6.35. The lowest BCUT2D eigenvalue weighted by Crippen LogP contribution is -2.32. The molecule has 3 rings (SSSR count). The van der Waals surface area contributed by atoms with Crippen LogP contribution < -0.4 is 5.32 Å². The highest BCUT2D eigenvalue weighted by atomic mass is 19.4. The molecule has 1 N–H and O–H groups in total. The van der Waals surface area contributed by atoms with Crippen LogP contribution in [0.4, 0.5) is 18.9 Å². The predicted molar refractivity (Wildman–Crippen MR) is 94.0 cm³/mol. The topological polar surface area (TPSA) is 55.4 Å². The van der Waals surface area contributed by atoms with Gasteiger partial charge < -0.3 is 10.1 Å². The summed E-state index contributed by atoms with van der Waals surface area (Å²) in [5.74, 6) is -1.20. The minimum atomic E-state index is -4.38. The highest BCUT2D eigenvalue weighted by Gasteiger charge is 2.30. The first-order chi connectivity index (χ1) is 12.8. The summed E-state index contributed by atoms with van der Waals surface area (Å²) in [5.41, 5.74) is 2.17. The molecule has 0 radical (unpaired) electrons. The van der Waals surface area contributed by atoms with Crippen molar-refractivity contribution in [3.8, 4) is 11.1 Å². The number of rotatable bonds is 4. The first-order valence-corrected chi connectivity index (χ1v) is 8.55. The largest absolute Gasteiger partial charge is 0.466 e. The van der Waals surface area contributed by atoms with Gasteiger partial charge in [0.1, 0.15) is 0 Å². The van der Waals surface area contributed by atoms with Gasteiger partial charge in [0.05, 0.1) is 24.5 Å². The Hall–Kier alpha value is -2.83. The van der Waals surface area contributed by atoms with Crippen LogP contribution in [0.15, 0.2) is 42.5 Å². The molecule has 1 aliphatic heterocycles. The molecule has 2 aromatic carbocycles. The molecule has 1 atom stereocenters. The highest BCUT2D eigenvalue weighted by Crippen LogP contribution is 2.34. The van der Waals surface area contributed by atoms with Crippen molar-refractivity contribution in [3.63, 3.8) is 0 Å². The van der Waals surface area contributed by atoms with Gasteiger partial charge in [-0.1, -0.05) is 18.2 Å². The van der Waals surface area contributed by atoms with Crippen molar-refractivity contribution in [1.29, 1.82) is 0 Å². The quantitative estimate of drug-likeness (QED) is 0.802. The van der Waals surface area contributed by atoms with E-state index >= 15 is 0 Å². The van der Waals surface area contributed by atoms with Crippen LogP contribution in [0.25, 0.3) is 11.1 Å². The molecule has 4 nitrogen and oxygen atoms in total. The molecule has 0 fully saturated rings. The van der Waals surface area contributed by atoms with E-state index in [0.29, 0.717) is 17.7 Å². The van der Waals surface area contributed by atoms with Crippen LogP contribution in [0, 0.1) is 5.92 Å². The molecule has 1 unspecified atom stereocenters.